The molecule has 180 valence electrons. The van der Waals surface area contributed by atoms with Crippen LogP contribution in [0, 0.1) is 11.8 Å². The van der Waals surface area contributed by atoms with Gasteiger partial charge < -0.3 is 14.2 Å². The lowest BCUT2D eigenvalue weighted by atomic mass is 10.1. The molecule has 3 heteroatoms. The predicted octanol–water partition coefficient (Wildman–Crippen LogP) is 8.88. The van der Waals surface area contributed by atoms with Crippen LogP contribution in [0.3, 0.4) is 0 Å². The largest absolute Gasteiger partial charge is 0.493 e. The van der Waals surface area contributed by atoms with Crippen LogP contribution in [-0.4, -0.2) is 13.2 Å². The molecule has 4 rings (SSSR count). The maximum absolute atomic E-state index is 6.09. The summed E-state index contributed by atoms with van der Waals surface area (Å²) < 4.78 is 17.8. The van der Waals surface area contributed by atoms with Gasteiger partial charge in [-0.1, -0.05) is 76.2 Å². The Morgan fingerprint density at radius 1 is 0.457 bits per heavy atom. The van der Waals surface area contributed by atoms with Crippen molar-refractivity contribution in [1.82, 2.24) is 0 Å². The Balaban J connectivity index is 1.40. The van der Waals surface area contributed by atoms with Gasteiger partial charge in [0.25, 0.3) is 0 Å². The normalized spacial score (nSPS) is 11.0. The predicted molar refractivity (Wildman–Crippen MR) is 144 cm³/mol. The number of ether oxygens (including phenoxy) is 3. The van der Waals surface area contributed by atoms with Crippen molar-refractivity contribution in [1.29, 1.82) is 0 Å². The molecule has 0 radical (unpaired) electrons. The lowest BCUT2D eigenvalue weighted by Crippen LogP contribution is -2.04. The Labute approximate surface area is 209 Å². The fraction of sp³-hybridized carbons (Fsp3) is 0.250. The van der Waals surface area contributed by atoms with E-state index >= 15 is 0 Å². The molecule has 0 bridgehead atoms. The Kier molecular flexibility index (Phi) is 8.10. The van der Waals surface area contributed by atoms with Crippen molar-refractivity contribution in [2.75, 3.05) is 13.2 Å². The number of hydrogen-bond acceptors (Lipinski definition) is 3. The van der Waals surface area contributed by atoms with Crippen molar-refractivity contribution in [2.24, 2.45) is 11.8 Å². The third kappa shape index (κ3) is 7.13. The molecule has 0 saturated carbocycles. The van der Waals surface area contributed by atoms with Gasteiger partial charge in [0.1, 0.15) is 23.0 Å². The molecule has 0 aliphatic carbocycles. The van der Waals surface area contributed by atoms with E-state index in [2.05, 4.69) is 76.2 Å². The lowest BCUT2D eigenvalue weighted by Gasteiger charge is -2.11. The average Bonchev–Trinajstić information content (AvgIpc) is 2.87. The fourth-order valence-corrected chi connectivity index (χ4v) is 3.62. The highest BCUT2D eigenvalue weighted by Crippen LogP contribution is 2.30. The smallest absolute Gasteiger partial charge is 0.127 e. The number of hydrogen-bond donors (Lipinski definition) is 0. The highest BCUT2D eigenvalue weighted by molar-refractivity contribution is 5.67. The van der Waals surface area contributed by atoms with Gasteiger partial charge in [-0.05, 0) is 82.6 Å². The van der Waals surface area contributed by atoms with Gasteiger partial charge in [-0.15, -0.1) is 0 Å². The van der Waals surface area contributed by atoms with E-state index in [1.165, 1.54) is 0 Å². The van der Waals surface area contributed by atoms with Crippen molar-refractivity contribution in [3.63, 3.8) is 0 Å². The summed E-state index contributed by atoms with van der Waals surface area (Å²) in [6.07, 6.45) is 0. The minimum atomic E-state index is 0.498. The summed E-state index contributed by atoms with van der Waals surface area (Å²) in [4.78, 5) is 0. The summed E-state index contributed by atoms with van der Waals surface area (Å²) in [6, 6.07) is 32.7. The lowest BCUT2D eigenvalue weighted by molar-refractivity contribution is 0.271. The Bertz CT molecular complexity index is 1110. The number of rotatable bonds is 10. The second-order valence-corrected chi connectivity index (χ2v) is 9.62. The SMILES string of the molecule is CC(C)COc1cccc(-c2ccc(Oc3ccc(-c4cccc(OCC(C)C)c4)cc3)cc2)c1. The monoisotopic (exact) mass is 466 g/mol. The number of benzene rings is 4. The van der Waals surface area contributed by atoms with E-state index in [1.807, 2.05) is 48.5 Å². The molecule has 3 nitrogen and oxygen atoms in total. The van der Waals surface area contributed by atoms with E-state index in [0.29, 0.717) is 25.0 Å². The topological polar surface area (TPSA) is 27.7 Å². The van der Waals surface area contributed by atoms with Gasteiger partial charge in [0.15, 0.2) is 0 Å². The summed E-state index contributed by atoms with van der Waals surface area (Å²) in [5.74, 6) is 4.40. The summed E-state index contributed by atoms with van der Waals surface area (Å²) in [7, 11) is 0. The molecule has 0 atom stereocenters. The summed E-state index contributed by atoms with van der Waals surface area (Å²) in [6.45, 7) is 10.0. The van der Waals surface area contributed by atoms with Crippen molar-refractivity contribution >= 4 is 0 Å². The Morgan fingerprint density at radius 3 is 1.23 bits per heavy atom. The van der Waals surface area contributed by atoms with Crippen LogP contribution >= 0.6 is 0 Å². The molecule has 0 heterocycles. The van der Waals surface area contributed by atoms with E-state index in [9.17, 15) is 0 Å². The van der Waals surface area contributed by atoms with Crippen molar-refractivity contribution in [3.05, 3.63) is 97.1 Å². The maximum atomic E-state index is 6.09. The second-order valence-electron chi connectivity index (χ2n) is 9.62. The van der Waals surface area contributed by atoms with E-state index in [0.717, 1.165) is 45.3 Å². The zero-order chi connectivity index (χ0) is 24.6. The van der Waals surface area contributed by atoms with Crippen LogP contribution in [0.25, 0.3) is 22.3 Å². The fourth-order valence-electron chi connectivity index (χ4n) is 3.62. The van der Waals surface area contributed by atoms with Crippen LogP contribution in [0.5, 0.6) is 23.0 Å². The van der Waals surface area contributed by atoms with Gasteiger partial charge in [0.2, 0.25) is 0 Å². The highest BCUT2D eigenvalue weighted by atomic mass is 16.5. The second kappa shape index (κ2) is 11.6. The summed E-state index contributed by atoms with van der Waals surface area (Å²) in [5, 5.41) is 0. The van der Waals surface area contributed by atoms with Crippen molar-refractivity contribution < 1.29 is 14.2 Å². The molecule has 0 fully saturated rings. The highest BCUT2D eigenvalue weighted by Gasteiger charge is 2.05. The first kappa shape index (κ1) is 24.4. The summed E-state index contributed by atoms with van der Waals surface area (Å²) >= 11 is 0. The molecule has 0 aromatic heterocycles. The van der Waals surface area contributed by atoms with Crippen molar-refractivity contribution in [3.8, 4) is 45.3 Å². The minimum absolute atomic E-state index is 0.498. The van der Waals surface area contributed by atoms with Gasteiger partial charge in [-0.25, -0.2) is 0 Å². The molecule has 4 aromatic rings. The van der Waals surface area contributed by atoms with E-state index < -0.39 is 0 Å². The first-order chi connectivity index (χ1) is 17.0. The molecule has 0 spiro atoms. The van der Waals surface area contributed by atoms with Gasteiger partial charge in [-0.3, -0.25) is 0 Å². The summed E-state index contributed by atoms with van der Waals surface area (Å²) in [5.41, 5.74) is 4.51. The van der Waals surface area contributed by atoms with Crippen LogP contribution in [0.4, 0.5) is 0 Å². The molecule has 4 aromatic carbocycles. The van der Waals surface area contributed by atoms with Gasteiger partial charge in [0.05, 0.1) is 13.2 Å². The molecular formula is C32H34O3. The van der Waals surface area contributed by atoms with Gasteiger partial charge >= 0.3 is 0 Å². The van der Waals surface area contributed by atoms with E-state index in [1.54, 1.807) is 0 Å². The van der Waals surface area contributed by atoms with Crippen molar-refractivity contribution in [2.45, 2.75) is 27.7 Å². The standard InChI is InChI=1S/C32H34O3/c1-23(2)21-33-31-9-5-7-27(19-31)25-11-15-29(16-12-25)35-30-17-13-26(14-18-30)28-8-6-10-32(20-28)34-22-24(3)4/h5-20,23-24H,21-22H2,1-4H3. The molecule has 35 heavy (non-hydrogen) atoms. The zero-order valence-electron chi connectivity index (χ0n) is 21.0. The molecule has 0 saturated heterocycles. The third-order valence-electron chi connectivity index (χ3n) is 5.45. The molecule has 0 amide bonds. The molecule has 0 aliphatic rings. The zero-order valence-corrected chi connectivity index (χ0v) is 21.0. The van der Waals surface area contributed by atoms with Crippen LogP contribution in [0.2, 0.25) is 0 Å². The first-order valence-corrected chi connectivity index (χ1v) is 12.3. The molecular weight excluding hydrogens is 432 g/mol. The average molecular weight is 467 g/mol. The maximum Gasteiger partial charge on any atom is 0.127 e. The Morgan fingerprint density at radius 2 is 0.857 bits per heavy atom. The van der Waals surface area contributed by atoms with Gasteiger partial charge in [0, 0.05) is 0 Å². The van der Waals surface area contributed by atoms with Crippen LogP contribution in [0.1, 0.15) is 27.7 Å². The molecule has 0 aliphatic heterocycles. The van der Waals surface area contributed by atoms with E-state index in [-0.39, 0.29) is 0 Å². The van der Waals surface area contributed by atoms with Crippen LogP contribution in [-0.2, 0) is 0 Å². The van der Waals surface area contributed by atoms with Gasteiger partial charge in [-0.2, -0.15) is 0 Å². The Hall–Kier alpha value is -3.72. The van der Waals surface area contributed by atoms with Crippen LogP contribution in [0.15, 0.2) is 97.1 Å². The quantitative estimate of drug-likeness (QED) is 0.233. The minimum Gasteiger partial charge on any atom is -0.493 e. The first-order valence-electron chi connectivity index (χ1n) is 12.3. The van der Waals surface area contributed by atoms with E-state index in [4.69, 9.17) is 14.2 Å². The molecule has 0 unspecified atom stereocenters. The van der Waals surface area contributed by atoms with Crippen LogP contribution < -0.4 is 14.2 Å². The molecule has 0 N–H and O–H groups in total. The third-order valence-corrected chi connectivity index (χ3v) is 5.45.